The standard InChI is InChI=1S/C8H8BrN3OS2/c9-7-11-12-8(15-7)10-3-6(13)5-1-2-14-4-5/h1-2,4,6,13H,3H2,(H,10,12). The van der Waals surface area contributed by atoms with Crippen LogP contribution in [0.15, 0.2) is 20.7 Å². The Balaban J connectivity index is 1.88. The molecule has 2 heterocycles. The van der Waals surface area contributed by atoms with Gasteiger partial charge in [0.2, 0.25) is 5.13 Å². The molecule has 0 aliphatic heterocycles. The Kier molecular flexibility index (Phi) is 3.68. The van der Waals surface area contributed by atoms with Crippen molar-refractivity contribution >= 4 is 43.7 Å². The van der Waals surface area contributed by atoms with Crippen LogP contribution in [0, 0.1) is 0 Å². The van der Waals surface area contributed by atoms with Crippen molar-refractivity contribution in [2.75, 3.05) is 11.9 Å². The summed E-state index contributed by atoms with van der Waals surface area (Å²) in [7, 11) is 0. The van der Waals surface area contributed by atoms with Gasteiger partial charge < -0.3 is 10.4 Å². The Labute approximate surface area is 103 Å². The van der Waals surface area contributed by atoms with Gasteiger partial charge in [0.05, 0.1) is 6.10 Å². The zero-order valence-electron chi connectivity index (χ0n) is 7.55. The lowest BCUT2D eigenvalue weighted by molar-refractivity contribution is 0.192. The van der Waals surface area contributed by atoms with Crippen LogP contribution in [0.1, 0.15) is 11.7 Å². The molecule has 1 unspecified atom stereocenters. The maximum absolute atomic E-state index is 9.77. The topological polar surface area (TPSA) is 58.0 Å². The van der Waals surface area contributed by atoms with E-state index in [1.54, 1.807) is 11.3 Å². The number of hydrogen-bond acceptors (Lipinski definition) is 6. The number of anilines is 1. The second kappa shape index (κ2) is 5.02. The first-order chi connectivity index (χ1) is 7.25. The van der Waals surface area contributed by atoms with Gasteiger partial charge in [-0.1, -0.05) is 11.3 Å². The molecular weight excluding hydrogens is 298 g/mol. The summed E-state index contributed by atoms with van der Waals surface area (Å²) in [5, 5.41) is 25.0. The second-order valence-corrected chi connectivity index (χ2v) is 5.85. The van der Waals surface area contributed by atoms with Crippen LogP contribution in [0.5, 0.6) is 0 Å². The van der Waals surface area contributed by atoms with Crippen molar-refractivity contribution in [3.05, 3.63) is 26.3 Å². The molecule has 80 valence electrons. The number of thiophene rings is 1. The Morgan fingerprint density at radius 2 is 2.40 bits per heavy atom. The minimum atomic E-state index is -0.501. The molecule has 0 aliphatic rings. The van der Waals surface area contributed by atoms with Crippen molar-refractivity contribution in [1.29, 1.82) is 0 Å². The highest BCUT2D eigenvalue weighted by Gasteiger charge is 2.08. The summed E-state index contributed by atoms with van der Waals surface area (Å²) in [5.74, 6) is 0. The molecular formula is C8H8BrN3OS2. The number of hydrogen-bond donors (Lipinski definition) is 2. The fourth-order valence-electron chi connectivity index (χ4n) is 1.04. The summed E-state index contributed by atoms with van der Waals surface area (Å²) in [5.41, 5.74) is 0.927. The number of nitrogens with one attached hydrogen (secondary N) is 1. The van der Waals surface area contributed by atoms with E-state index < -0.39 is 6.10 Å². The van der Waals surface area contributed by atoms with E-state index in [2.05, 4.69) is 31.4 Å². The van der Waals surface area contributed by atoms with Gasteiger partial charge in [0.1, 0.15) is 0 Å². The summed E-state index contributed by atoms with van der Waals surface area (Å²) in [6.45, 7) is 0.443. The van der Waals surface area contributed by atoms with E-state index in [4.69, 9.17) is 0 Å². The third kappa shape index (κ3) is 2.97. The lowest BCUT2D eigenvalue weighted by Crippen LogP contribution is -2.11. The number of aliphatic hydroxyl groups excluding tert-OH is 1. The largest absolute Gasteiger partial charge is 0.387 e. The van der Waals surface area contributed by atoms with Crippen LogP contribution in [0.4, 0.5) is 5.13 Å². The third-order valence-electron chi connectivity index (χ3n) is 1.77. The molecule has 2 N–H and O–H groups in total. The Morgan fingerprint density at radius 3 is 3.00 bits per heavy atom. The molecule has 0 saturated carbocycles. The Hall–Kier alpha value is -0.500. The highest BCUT2D eigenvalue weighted by atomic mass is 79.9. The van der Waals surface area contributed by atoms with Crippen LogP contribution in [-0.2, 0) is 0 Å². The van der Waals surface area contributed by atoms with Crippen LogP contribution in [0.25, 0.3) is 0 Å². The van der Waals surface area contributed by atoms with Crippen molar-refractivity contribution in [2.24, 2.45) is 0 Å². The predicted octanol–water partition coefficient (Wildman–Crippen LogP) is 2.51. The van der Waals surface area contributed by atoms with Crippen LogP contribution >= 0.6 is 38.6 Å². The fourth-order valence-corrected chi connectivity index (χ4v) is 2.77. The number of aliphatic hydroxyl groups is 1. The maximum Gasteiger partial charge on any atom is 0.206 e. The molecule has 0 saturated heterocycles. The monoisotopic (exact) mass is 305 g/mol. The second-order valence-electron chi connectivity index (χ2n) is 2.81. The van der Waals surface area contributed by atoms with E-state index in [-0.39, 0.29) is 0 Å². The Morgan fingerprint density at radius 1 is 1.53 bits per heavy atom. The number of nitrogens with zero attached hydrogens (tertiary/aromatic N) is 2. The predicted molar refractivity (Wildman–Crippen MR) is 65.4 cm³/mol. The van der Waals surface area contributed by atoms with Gasteiger partial charge in [0, 0.05) is 6.54 Å². The normalized spacial score (nSPS) is 12.7. The summed E-state index contributed by atoms with van der Waals surface area (Å²) in [6, 6.07) is 1.91. The highest BCUT2D eigenvalue weighted by Crippen LogP contribution is 2.22. The zero-order chi connectivity index (χ0) is 10.7. The van der Waals surface area contributed by atoms with Crippen molar-refractivity contribution < 1.29 is 5.11 Å². The van der Waals surface area contributed by atoms with Gasteiger partial charge in [0.15, 0.2) is 3.92 Å². The van der Waals surface area contributed by atoms with E-state index in [1.165, 1.54) is 11.3 Å². The van der Waals surface area contributed by atoms with Gasteiger partial charge in [0.25, 0.3) is 0 Å². The first kappa shape index (κ1) is 11.0. The molecule has 0 bridgehead atoms. The molecule has 7 heteroatoms. The SMILES string of the molecule is OC(CNc1nnc(Br)s1)c1ccsc1. The highest BCUT2D eigenvalue weighted by molar-refractivity contribution is 9.11. The smallest absolute Gasteiger partial charge is 0.206 e. The molecule has 1 atom stereocenters. The third-order valence-corrected chi connectivity index (χ3v) is 3.79. The molecule has 0 radical (unpaired) electrons. The van der Waals surface area contributed by atoms with Crippen molar-refractivity contribution in [3.8, 4) is 0 Å². The van der Waals surface area contributed by atoms with E-state index in [0.717, 1.165) is 9.48 Å². The number of halogens is 1. The molecule has 2 rings (SSSR count). The maximum atomic E-state index is 9.77. The molecule has 0 fully saturated rings. The average molecular weight is 306 g/mol. The van der Waals surface area contributed by atoms with E-state index in [0.29, 0.717) is 11.7 Å². The molecule has 0 amide bonds. The van der Waals surface area contributed by atoms with Crippen molar-refractivity contribution in [3.63, 3.8) is 0 Å². The van der Waals surface area contributed by atoms with Crippen LogP contribution in [0.2, 0.25) is 0 Å². The molecule has 0 aromatic carbocycles. The minimum absolute atomic E-state index is 0.443. The molecule has 0 spiro atoms. The first-order valence-corrected chi connectivity index (χ1v) is 6.74. The number of rotatable bonds is 4. The average Bonchev–Trinajstić information content (AvgIpc) is 2.84. The lowest BCUT2D eigenvalue weighted by Gasteiger charge is -2.08. The van der Waals surface area contributed by atoms with Gasteiger partial charge in [-0.3, -0.25) is 0 Å². The summed E-state index contributed by atoms with van der Waals surface area (Å²) < 4.78 is 0.732. The molecule has 15 heavy (non-hydrogen) atoms. The van der Waals surface area contributed by atoms with Crippen LogP contribution < -0.4 is 5.32 Å². The van der Waals surface area contributed by atoms with Crippen molar-refractivity contribution in [2.45, 2.75) is 6.10 Å². The summed E-state index contributed by atoms with van der Waals surface area (Å²) in [4.78, 5) is 0. The number of aromatic nitrogens is 2. The van der Waals surface area contributed by atoms with Crippen molar-refractivity contribution in [1.82, 2.24) is 10.2 Å². The summed E-state index contributed by atoms with van der Waals surface area (Å²) >= 11 is 6.20. The van der Waals surface area contributed by atoms with Gasteiger partial charge in [-0.05, 0) is 38.3 Å². The molecule has 2 aromatic heterocycles. The van der Waals surface area contributed by atoms with Crippen LogP contribution in [0.3, 0.4) is 0 Å². The minimum Gasteiger partial charge on any atom is -0.387 e. The Bertz CT molecular complexity index is 417. The molecule has 0 aliphatic carbocycles. The van der Waals surface area contributed by atoms with Gasteiger partial charge in [-0.25, -0.2) is 0 Å². The lowest BCUT2D eigenvalue weighted by atomic mass is 10.2. The van der Waals surface area contributed by atoms with E-state index >= 15 is 0 Å². The fraction of sp³-hybridized carbons (Fsp3) is 0.250. The first-order valence-electron chi connectivity index (χ1n) is 4.19. The molecule has 4 nitrogen and oxygen atoms in total. The molecule has 2 aromatic rings. The van der Waals surface area contributed by atoms with Crippen LogP contribution in [-0.4, -0.2) is 21.8 Å². The zero-order valence-corrected chi connectivity index (χ0v) is 10.8. The summed E-state index contributed by atoms with van der Waals surface area (Å²) in [6.07, 6.45) is -0.501. The van der Waals surface area contributed by atoms with E-state index in [1.807, 2.05) is 16.8 Å². The van der Waals surface area contributed by atoms with Gasteiger partial charge in [-0.2, -0.15) is 11.3 Å². The van der Waals surface area contributed by atoms with Gasteiger partial charge in [-0.15, -0.1) is 10.2 Å². The van der Waals surface area contributed by atoms with Gasteiger partial charge >= 0.3 is 0 Å². The van der Waals surface area contributed by atoms with E-state index in [9.17, 15) is 5.11 Å². The quantitative estimate of drug-likeness (QED) is 0.911.